The van der Waals surface area contributed by atoms with Gasteiger partial charge in [0.1, 0.15) is 0 Å². The van der Waals surface area contributed by atoms with Gasteiger partial charge in [-0.2, -0.15) is 0 Å². The zero-order valence-electron chi connectivity index (χ0n) is 17.4. The fourth-order valence-corrected chi connectivity index (χ4v) is 3.74. The summed E-state index contributed by atoms with van der Waals surface area (Å²) in [5.41, 5.74) is 1.75. The maximum absolute atomic E-state index is 10.8. The van der Waals surface area contributed by atoms with Crippen LogP contribution in [0.1, 0.15) is 48.0 Å². The summed E-state index contributed by atoms with van der Waals surface area (Å²) < 4.78 is 36.8. The van der Waals surface area contributed by atoms with Gasteiger partial charge < -0.3 is 14.6 Å². The smallest absolute Gasteiger partial charge is 0.161 e. The highest BCUT2D eigenvalue weighted by atomic mass is 16.5. The quantitative estimate of drug-likeness (QED) is 0.925. The molecule has 1 saturated heterocycles. The lowest BCUT2D eigenvalue weighted by atomic mass is 9.79. The SMILES string of the molecule is [2H]c1c(OC)c(OC)cc2c1C1CC(O)C(CC(C)C)C([2H])([2H])N1CC2. The second-order valence-corrected chi connectivity index (χ2v) is 6.94. The van der Waals surface area contributed by atoms with Crippen molar-refractivity contribution in [2.75, 3.05) is 27.3 Å². The van der Waals surface area contributed by atoms with Crippen molar-refractivity contribution in [3.63, 3.8) is 0 Å². The van der Waals surface area contributed by atoms with Crippen LogP contribution < -0.4 is 9.47 Å². The molecule has 3 rings (SSSR count). The highest BCUT2D eigenvalue weighted by Gasteiger charge is 2.38. The molecule has 23 heavy (non-hydrogen) atoms. The van der Waals surface area contributed by atoms with E-state index < -0.39 is 18.5 Å². The lowest BCUT2D eigenvalue weighted by Crippen LogP contribution is -2.48. The number of methoxy groups -OCH3 is 2. The summed E-state index contributed by atoms with van der Waals surface area (Å²) in [7, 11) is 3.06. The Labute approximate surface area is 143 Å². The van der Waals surface area contributed by atoms with Gasteiger partial charge in [0.05, 0.1) is 21.7 Å². The van der Waals surface area contributed by atoms with Crippen LogP contribution in [-0.2, 0) is 6.42 Å². The number of piperidine rings is 1. The van der Waals surface area contributed by atoms with Gasteiger partial charge >= 0.3 is 0 Å². The van der Waals surface area contributed by atoms with Crippen LogP contribution in [0.15, 0.2) is 12.1 Å². The molecular formula is C19H29NO3. The molecule has 1 fully saturated rings. The summed E-state index contributed by atoms with van der Waals surface area (Å²) >= 11 is 0. The van der Waals surface area contributed by atoms with Crippen LogP contribution in [0.4, 0.5) is 0 Å². The first kappa shape index (κ1) is 13.1. The highest BCUT2D eigenvalue weighted by molar-refractivity contribution is 5.49. The van der Waals surface area contributed by atoms with Gasteiger partial charge in [0.2, 0.25) is 0 Å². The molecule has 0 amide bonds. The van der Waals surface area contributed by atoms with Gasteiger partial charge in [0.25, 0.3) is 0 Å². The van der Waals surface area contributed by atoms with Gasteiger partial charge in [0.15, 0.2) is 11.5 Å². The van der Waals surface area contributed by atoms with Gasteiger partial charge in [-0.05, 0) is 54.3 Å². The number of aliphatic hydroxyl groups excluding tert-OH is 1. The summed E-state index contributed by atoms with van der Waals surface area (Å²) in [6.07, 6.45) is 1.00. The van der Waals surface area contributed by atoms with Crippen molar-refractivity contribution in [3.05, 3.63) is 23.2 Å². The van der Waals surface area contributed by atoms with E-state index in [4.69, 9.17) is 13.6 Å². The summed E-state index contributed by atoms with van der Waals surface area (Å²) in [5.74, 6) is 0.790. The number of fused-ring (bicyclic) bond motifs is 3. The average molecular weight is 322 g/mol. The number of benzene rings is 1. The molecule has 1 aromatic rings. The average Bonchev–Trinajstić information content (AvgIpc) is 2.57. The Morgan fingerprint density at radius 1 is 1.39 bits per heavy atom. The van der Waals surface area contributed by atoms with Crippen LogP contribution in [0.25, 0.3) is 0 Å². The van der Waals surface area contributed by atoms with E-state index in [2.05, 4.69) is 13.8 Å². The van der Waals surface area contributed by atoms with Crippen molar-refractivity contribution >= 4 is 0 Å². The number of hydrogen-bond donors (Lipinski definition) is 1. The lowest BCUT2D eigenvalue weighted by Gasteiger charge is -2.46. The molecule has 128 valence electrons. The molecule has 0 aliphatic carbocycles. The Morgan fingerprint density at radius 2 is 2.13 bits per heavy atom. The van der Waals surface area contributed by atoms with Crippen molar-refractivity contribution < 1.29 is 18.7 Å². The fourth-order valence-electron chi connectivity index (χ4n) is 3.74. The van der Waals surface area contributed by atoms with E-state index in [1.54, 1.807) is 7.11 Å². The normalized spacial score (nSPS) is 31.6. The monoisotopic (exact) mass is 322 g/mol. The summed E-state index contributed by atoms with van der Waals surface area (Å²) in [6.45, 7) is 3.07. The standard InChI is InChI=1S/C19H29NO3/c1-12(2)7-14-11-20-6-5-13-8-18(22-3)19(23-4)9-15(13)16(20)10-17(14)21/h8-9,12,14,16-17,21H,5-7,10-11H2,1-4H3/i9D,11D2. The molecule has 3 atom stereocenters. The summed E-state index contributed by atoms with van der Waals surface area (Å²) in [5, 5.41) is 10.8. The number of hydrogen-bond acceptors (Lipinski definition) is 4. The molecule has 1 aromatic carbocycles. The Morgan fingerprint density at radius 3 is 2.78 bits per heavy atom. The zero-order chi connectivity index (χ0) is 19.2. The third kappa shape index (κ3) is 3.20. The van der Waals surface area contributed by atoms with Crippen LogP contribution in [0.2, 0.25) is 0 Å². The third-order valence-corrected chi connectivity index (χ3v) is 4.86. The molecule has 4 heteroatoms. The minimum Gasteiger partial charge on any atom is -0.493 e. The summed E-state index contributed by atoms with van der Waals surface area (Å²) in [4.78, 5) is 1.85. The molecule has 0 spiro atoms. The maximum Gasteiger partial charge on any atom is 0.161 e. The minimum atomic E-state index is -1.61. The molecular weight excluding hydrogens is 290 g/mol. The minimum absolute atomic E-state index is 0.238. The van der Waals surface area contributed by atoms with Crippen molar-refractivity contribution in [1.29, 1.82) is 0 Å². The van der Waals surface area contributed by atoms with Crippen LogP contribution in [-0.4, -0.2) is 43.4 Å². The highest BCUT2D eigenvalue weighted by Crippen LogP contribution is 2.43. The first-order valence-corrected chi connectivity index (χ1v) is 8.41. The molecule has 2 aliphatic rings. The van der Waals surface area contributed by atoms with E-state index >= 15 is 0 Å². The number of ether oxygens (including phenoxy) is 2. The molecule has 3 unspecified atom stereocenters. The Bertz CT molecular complexity index is 680. The van der Waals surface area contributed by atoms with E-state index in [9.17, 15) is 5.11 Å². The first-order chi connectivity index (χ1) is 12.2. The molecule has 0 aromatic heterocycles. The van der Waals surface area contributed by atoms with E-state index in [1.807, 2.05) is 11.0 Å². The Kier molecular flexibility index (Phi) is 3.81. The van der Waals surface area contributed by atoms with Gasteiger partial charge in [-0.25, -0.2) is 0 Å². The Hall–Kier alpha value is -1.26. The third-order valence-electron chi connectivity index (χ3n) is 4.86. The largest absolute Gasteiger partial charge is 0.493 e. The molecule has 4 nitrogen and oxygen atoms in total. The van der Waals surface area contributed by atoms with Crippen molar-refractivity contribution in [2.24, 2.45) is 11.8 Å². The predicted octanol–water partition coefficient (Wildman–Crippen LogP) is 3.03. The van der Waals surface area contributed by atoms with E-state index in [-0.39, 0.29) is 12.1 Å². The van der Waals surface area contributed by atoms with Gasteiger partial charge in [-0.15, -0.1) is 0 Å². The van der Waals surface area contributed by atoms with Gasteiger partial charge in [-0.3, -0.25) is 4.90 Å². The maximum atomic E-state index is 10.8. The van der Waals surface area contributed by atoms with Gasteiger partial charge in [0, 0.05) is 21.8 Å². The molecule has 0 bridgehead atoms. The van der Waals surface area contributed by atoms with Crippen molar-refractivity contribution in [3.8, 4) is 11.5 Å². The van der Waals surface area contributed by atoms with Crippen LogP contribution in [0, 0.1) is 11.8 Å². The van der Waals surface area contributed by atoms with Crippen molar-refractivity contribution in [2.45, 2.75) is 45.3 Å². The van der Waals surface area contributed by atoms with Crippen molar-refractivity contribution in [1.82, 2.24) is 4.90 Å². The molecule has 1 N–H and O–H groups in total. The van der Waals surface area contributed by atoms with E-state index in [0.717, 1.165) is 11.1 Å². The zero-order valence-corrected chi connectivity index (χ0v) is 14.4. The summed E-state index contributed by atoms with van der Waals surface area (Å²) in [6, 6.07) is 1.81. The Balaban J connectivity index is 2.06. The number of aliphatic hydroxyl groups is 1. The van der Waals surface area contributed by atoms with Crippen LogP contribution >= 0.6 is 0 Å². The van der Waals surface area contributed by atoms with Crippen LogP contribution in [0.5, 0.6) is 11.5 Å². The number of rotatable bonds is 4. The molecule has 2 heterocycles. The molecule has 0 radical (unpaired) electrons. The number of nitrogens with zero attached hydrogens (tertiary/aromatic N) is 1. The second-order valence-electron chi connectivity index (χ2n) is 6.94. The first-order valence-electron chi connectivity index (χ1n) is 9.91. The second kappa shape index (κ2) is 6.70. The van der Waals surface area contributed by atoms with E-state index in [1.165, 1.54) is 7.11 Å². The topological polar surface area (TPSA) is 41.9 Å². The van der Waals surface area contributed by atoms with Gasteiger partial charge in [-0.1, -0.05) is 13.8 Å². The van der Waals surface area contributed by atoms with E-state index in [0.29, 0.717) is 43.2 Å². The lowest BCUT2D eigenvalue weighted by molar-refractivity contribution is -0.0191. The predicted molar refractivity (Wildman–Crippen MR) is 91.1 cm³/mol. The molecule has 2 aliphatic heterocycles. The fraction of sp³-hybridized carbons (Fsp3) is 0.684. The van der Waals surface area contributed by atoms with Crippen LogP contribution in [0.3, 0.4) is 0 Å². The molecule has 0 saturated carbocycles.